The summed E-state index contributed by atoms with van der Waals surface area (Å²) in [4.78, 5) is 2.63. The highest BCUT2D eigenvalue weighted by Gasteiger charge is 2.29. The predicted octanol–water partition coefficient (Wildman–Crippen LogP) is 5.66. The first-order valence-electron chi connectivity index (χ1n) is 8.65. The SMILES string of the molecule is Clc1cccc(Cl)c1COc1ccc2c(c1)CCC2N1CCCC1. The lowest BCUT2D eigenvalue weighted by atomic mass is 10.1. The van der Waals surface area contributed by atoms with Gasteiger partial charge < -0.3 is 4.74 Å². The number of hydrogen-bond acceptors (Lipinski definition) is 2. The van der Waals surface area contributed by atoms with Crippen LogP contribution in [-0.4, -0.2) is 18.0 Å². The molecule has 0 aromatic heterocycles. The van der Waals surface area contributed by atoms with Crippen molar-refractivity contribution in [3.63, 3.8) is 0 Å². The second-order valence-electron chi connectivity index (χ2n) is 6.65. The van der Waals surface area contributed by atoms with Crippen molar-refractivity contribution in [3.8, 4) is 5.75 Å². The topological polar surface area (TPSA) is 12.5 Å². The van der Waals surface area contributed by atoms with Gasteiger partial charge in [0.1, 0.15) is 12.4 Å². The summed E-state index contributed by atoms with van der Waals surface area (Å²) in [5, 5.41) is 1.30. The maximum Gasteiger partial charge on any atom is 0.120 e. The van der Waals surface area contributed by atoms with Crippen LogP contribution in [0.4, 0.5) is 0 Å². The number of halogens is 2. The Morgan fingerprint density at radius 3 is 2.54 bits per heavy atom. The van der Waals surface area contributed by atoms with Crippen LogP contribution in [0.15, 0.2) is 36.4 Å². The molecule has 0 bridgehead atoms. The first-order chi connectivity index (χ1) is 11.7. The van der Waals surface area contributed by atoms with Crippen LogP contribution in [0.2, 0.25) is 10.0 Å². The molecule has 1 atom stereocenters. The van der Waals surface area contributed by atoms with Crippen LogP contribution in [0.3, 0.4) is 0 Å². The molecule has 1 aliphatic heterocycles. The molecule has 2 aromatic rings. The van der Waals surface area contributed by atoms with Gasteiger partial charge in [0.2, 0.25) is 0 Å². The summed E-state index contributed by atoms with van der Waals surface area (Å²) in [5.74, 6) is 0.895. The van der Waals surface area contributed by atoms with Gasteiger partial charge in [-0.15, -0.1) is 0 Å². The third-order valence-electron chi connectivity index (χ3n) is 5.19. The van der Waals surface area contributed by atoms with E-state index in [9.17, 15) is 0 Å². The van der Waals surface area contributed by atoms with Crippen molar-refractivity contribution in [2.45, 2.75) is 38.3 Å². The Kier molecular flexibility index (Phi) is 4.71. The number of rotatable bonds is 4. The summed E-state index contributed by atoms with van der Waals surface area (Å²) < 4.78 is 5.96. The lowest BCUT2D eigenvalue weighted by Gasteiger charge is -2.24. The fraction of sp³-hybridized carbons (Fsp3) is 0.400. The molecule has 0 radical (unpaired) electrons. The molecule has 1 unspecified atom stereocenters. The van der Waals surface area contributed by atoms with Gasteiger partial charge in [-0.2, -0.15) is 0 Å². The van der Waals surface area contributed by atoms with Crippen molar-refractivity contribution in [1.82, 2.24) is 4.90 Å². The molecule has 24 heavy (non-hydrogen) atoms. The second kappa shape index (κ2) is 6.95. The van der Waals surface area contributed by atoms with E-state index in [1.54, 1.807) is 0 Å². The zero-order valence-corrected chi connectivity index (χ0v) is 15.1. The highest BCUT2D eigenvalue weighted by atomic mass is 35.5. The molecule has 4 rings (SSSR count). The summed E-state index contributed by atoms with van der Waals surface area (Å²) >= 11 is 12.4. The summed E-state index contributed by atoms with van der Waals surface area (Å²) in [6, 6.07) is 12.7. The number of likely N-dealkylation sites (tertiary alicyclic amines) is 1. The van der Waals surface area contributed by atoms with Crippen molar-refractivity contribution in [3.05, 3.63) is 63.1 Å². The van der Waals surface area contributed by atoms with E-state index in [0.717, 1.165) is 17.7 Å². The molecule has 2 nitrogen and oxygen atoms in total. The number of nitrogens with zero attached hydrogens (tertiary/aromatic N) is 1. The molecule has 1 saturated heterocycles. The largest absolute Gasteiger partial charge is 0.489 e. The van der Waals surface area contributed by atoms with Crippen molar-refractivity contribution >= 4 is 23.2 Å². The zero-order valence-electron chi connectivity index (χ0n) is 13.6. The van der Waals surface area contributed by atoms with Gasteiger partial charge in [0.25, 0.3) is 0 Å². The Hall–Kier alpha value is -1.22. The first kappa shape index (κ1) is 16.3. The molecule has 0 amide bonds. The van der Waals surface area contributed by atoms with Crippen LogP contribution in [0.1, 0.15) is 42.0 Å². The Balaban J connectivity index is 1.48. The van der Waals surface area contributed by atoms with E-state index in [1.807, 2.05) is 18.2 Å². The average molecular weight is 362 g/mol. The lowest BCUT2D eigenvalue weighted by Crippen LogP contribution is -2.23. The molecule has 4 heteroatoms. The summed E-state index contributed by atoms with van der Waals surface area (Å²) in [7, 11) is 0. The molecular formula is C20H21Cl2NO. The van der Waals surface area contributed by atoms with Crippen molar-refractivity contribution < 1.29 is 4.74 Å². The maximum absolute atomic E-state index is 6.21. The maximum atomic E-state index is 6.21. The lowest BCUT2D eigenvalue weighted by molar-refractivity contribution is 0.245. The van der Waals surface area contributed by atoms with Gasteiger partial charge in [-0.1, -0.05) is 35.3 Å². The molecule has 1 aliphatic carbocycles. The number of hydrogen-bond donors (Lipinski definition) is 0. The monoisotopic (exact) mass is 361 g/mol. The third-order valence-corrected chi connectivity index (χ3v) is 5.90. The van der Waals surface area contributed by atoms with Crippen molar-refractivity contribution in [2.24, 2.45) is 0 Å². The zero-order chi connectivity index (χ0) is 16.5. The van der Waals surface area contributed by atoms with Gasteiger partial charge >= 0.3 is 0 Å². The van der Waals surface area contributed by atoms with E-state index >= 15 is 0 Å². The molecule has 1 fully saturated rings. The molecular weight excluding hydrogens is 341 g/mol. The summed E-state index contributed by atoms with van der Waals surface area (Å²) in [6.07, 6.45) is 5.05. The number of benzene rings is 2. The minimum Gasteiger partial charge on any atom is -0.489 e. The Morgan fingerprint density at radius 1 is 1.04 bits per heavy atom. The Morgan fingerprint density at radius 2 is 1.79 bits per heavy atom. The fourth-order valence-electron chi connectivity index (χ4n) is 3.92. The van der Waals surface area contributed by atoms with Crippen molar-refractivity contribution in [2.75, 3.05) is 13.1 Å². The number of aryl methyl sites for hydroxylation is 1. The van der Waals surface area contributed by atoms with E-state index in [0.29, 0.717) is 22.7 Å². The van der Waals surface area contributed by atoms with Crippen LogP contribution in [0.5, 0.6) is 5.75 Å². The van der Waals surface area contributed by atoms with Gasteiger partial charge in [0.05, 0.1) is 0 Å². The van der Waals surface area contributed by atoms with Gasteiger partial charge in [0.15, 0.2) is 0 Å². The smallest absolute Gasteiger partial charge is 0.120 e. The number of fused-ring (bicyclic) bond motifs is 1. The van der Waals surface area contributed by atoms with E-state index < -0.39 is 0 Å². The highest BCUT2D eigenvalue weighted by molar-refractivity contribution is 6.35. The van der Waals surface area contributed by atoms with Gasteiger partial charge in [0, 0.05) is 21.7 Å². The van der Waals surface area contributed by atoms with Crippen LogP contribution in [0.25, 0.3) is 0 Å². The standard InChI is InChI=1S/C20H21Cl2NO/c21-18-4-3-5-19(22)17(18)13-24-15-7-8-16-14(12-15)6-9-20(16)23-10-1-2-11-23/h3-5,7-8,12,20H,1-2,6,9-11,13H2. The van der Waals surface area contributed by atoms with E-state index in [2.05, 4.69) is 23.1 Å². The molecule has 0 N–H and O–H groups in total. The summed E-state index contributed by atoms with van der Waals surface area (Å²) in [6.45, 7) is 2.88. The third kappa shape index (κ3) is 3.15. The quantitative estimate of drug-likeness (QED) is 0.696. The van der Waals surface area contributed by atoms with Crippen LogP contribution in [0, 0.1) is 0 Å². The molecule has 1 heterocycles. The minimum absolute atomic E-state index is 0.396. The number of ether oxygens (including phenoxy) is 1. The van der Waals surface area contributed by atoms with Crippen LogP contribution >= 0.6 is 23.2 Å². The molecule has 2 aliphatic rings. The van der Waals surface area contributed by atoms with Gasteiger partial charge in [-0.3, -0.25) is 4.90 Å². The van der Waals surface area contributed by atoms with Crippen LogP contribution in [-0.2, 0) is 13.0 Å². The summed E-state index contributed by atoms with van der Waals surface area (Å²) in [5.41, 5.74) is 3.76. The Bertz CT molecular complexity index is 720. The predicted molar refractivity (Wildman–Crippen MR) is 99.1 cm³/mol. The first-order valence-corrected chi connectivity index (χ1v) is 9.40. The highest BCUT2D eigenvalue weighted by Crippen LogP contribution is 2.39. The Labute approximate surface area is 153 Å². The van der Waals surface area contributed by atoms with E-state index in [-0.39, 0.29) is 0 Å². The molecule has 0 spiro atoms. The molecule has 126 valence electrons. The van der Waals surface area contributed by atoms with Crippen LogP contribution < -0.4 is 4.74 Å². The molecule has 0 saturated carbocycles. The second-order valence-corrected chi connectivity index (χ2v) is 7.46. The average Bonchev–Trinajstić information content (AvgIpc) is 3.23. The van der Waals surface area contributed by atoms with Crippen molar-refractivity contribution in [1.29, 1.82) is 0 Å². The van der Waals surface area contributed by atoms with E-state index in [1.165, 1.54) is 43.5 Å². The molecule has 2 aromatic carbocycles. The normalized spacial score (nSPS) is 20.3. The minimum atomic E-state index is 0.396. The fourth-order valence-corrected chi connectivity index (χ4v) is 4.43. The van der Waals surface area contributed by atoms with Gasteiger partial charge in [-0.25, -0.2) is 0 Å². The van der Waals surface area contributed by atoms with Gasteiger partial charge in [-0.05, 0) is 74.2 Å². The van der Waals surface area contributed by atoms with E-state index in [4.69, 9.17) is 27.9 Å².